The number of likely N-dealkylation sites (tertiary alicyclic amines) is 1. The first-order valence-electron chi connectivity index (χ1n) is 8.79. The molecule has 0 saturated carbocycles. The second kappa shape index (κ2) is 7.67. The Morgan fingerprint density at radius 2 is 1.79 bits per heavy atom. The molecule has 1 aliphatic rings. The van der Waals surface area contributed by atoms with Crippen molar-refractivity contribution >= 4 is 17.6 Å². The summed E-state index contributed by atoms with van der Waals surface area (Å²) in [4.78, 5) is 36.9. The summed E-state index contributed by atoms with van der Waals surface area (Å²) in [6.45, 7) is 0.500. The zero-order valence-electron chi connectivity index (χ0n) is 15.3. The first-order valence-corrected chi connectivity index (χ1v) is 8.79. The number of ether oxygens (including phenoxy) is 1. The molecular formula is C20H20N2O6. The number of carboxylic acid groups (broad SMARTS) is 1. The summed E-state index contributed by atoms with van der Waals surface area (Å²) in [5.74, 6) is -1.20. The van der Waals surface area contributed by atoms with Gasteiger partial charge < -0.3 is 14.7 Å². The van der Waals surface area contributed by atoms with Crippen LogP contribution in [0.3, 0.4) is 0 Å². The van der Waals surface area contributed by atoms with Crippen molar-refractivity contribution in [3.63, 3.8) is 0 Å². The maximum Gasteiger partial charge on any atom is 0.314 e. The molecule has 1 fully saturated rings. The van der Waals surface area contributed by atoms with Gasteiger partial charge in [0.25, 0.3) is 5.91 Å². The Morgan fingerprint density at radius 1 is 1.14 bits per heavy atom. The number of nitro benzene ring substituents is 1. The summed E-state index contributed by atoms with van der Waals surface area (Å²) in [7, 11) is 1.32. The van der Waals surface area contributed by atoms with E-state index >= 15 is 0 Å². The number of carbonyl (C=O) groups excluding carboxylic acids is 1. The zero-order chi connectivity index (χ0) is 20.3. The van der Waals surface area contributed by atoms with E-state index in [1.165, 1.54) is 30.2 Å². The Kier molecular flexibility index (Phi) is 5.30. The van der Waals surface area contributed by atoms with Crippen LogP contribution in [0.2, 0.25) is 0 Å². The number of carbonyl (C=O) groups is 2. The molecule has 146 valence electrons. The maximum absolute atomic E-state index is 12.8. The number of rotatable bonds is 5. The lowest BCUT2D eigenvalue weighted by molar-refractivity contribution is -0.385. The quantitative estimate of drug-likeness (QED) is 0.627. The number of methoxy groups -OCH3 is 1. The maximum atomic E-state index is 12.8. The number of aliphatic carboxylic acids is 1. The van der Waals surface area contributed by atoms with Gasteiger partial charge in [-0.2, -0.15) is 0 Å². The normalized spacial score (nSPS) is 15.7. The highest BCUT2D eigenvalue weighted by atomic mass is 16.6. The topological polar surface area (TPSA) is 110 Å². The van der Waals surface area contributed by atoms with Gasteiger partial charge in [0.15, 0.2) is 5.75 Å². The van der Waals surface area contributed by atoms with Gasteiger partial charge in [-0.25, -0.2) is 0 Å². The fraction of sp³-hybridized carbons (Fsp3) is 0.300. The number of benzene rings is 2. The first-order chi connectivity index (χ1) is 13.4. The van der Waals surface area contributed by atoms with Crippen LogP contribution in [0.5, 0.6) is 5.75 Å². The van der Waals surface area contributed by atoms with E-state index in [2.05, 4.69) is 0 Å². The Morgan fingerprint density at radius 3 is 2.32 bits per heavy atom. The van der Waals surface area contributed by atoms with Crippen LogP contribution in [0.1, 0.15) is 28.8 Å². The van der Waals surface area contributed by atoms with Gasteiger partial charge in [0.1, 0.15) is 0 Å². The highest BCUT2D eigenvalue weighted by molar-refractivity contribution is 5.95. The van der Waals surface area contributed by atoms with Gasteiger partial charge in [0, 0.05) is 24.7 Å². The minimum atomic E-state index is -1.04. The first kappa shape index (κ1) is 19.3. The Hall–Kier alpha value is -3.42. The average molecular weight is 384 g/mol. The Bertz CT molecular complexity index is 904. The van der Waals surface area contributed by atoms with E-state index in [0.29, 0.717) is 0 Å². The van der Waals surface area contributed by atoms with Gasteiger partial charge in [0.05, 0.1) is 17.4 Å². The van der Waals surface area contributed by atoms with E-state index in [-0.39, 0.29) is 48.8 Å². The van der Waals surface area contributed by atoms with Gasteiger partial charge in [-0.05, 0) is 30.5 Å². The van der Waals surface area contributed by atoms with Crippen molar-refractivity contribution in [1.29, 1.82) is 0 Å². The van der Waals surface area contributed by atoms with Crippen molar-refractivity contribution < 1.29 is 24.4 Å². The molecule has 8 heteroatoms. The molecule has 3 rings (SSSR count). The van der Waals surface area contributed by atoms with Crippen molar-refractivity contribution in [3.8, 4) is 5.75 Å². The SMILES string of the molecule is COc1ccc(C(=O)N2CCC(C(=O)O)(c3ccccc3)CC2)cc1[N+](=O)[O-]. The second-order valence-corrected chi connectivity index (χ2v) is 6.69. The smallest absolute Gasteiger partial charge is 0.314 e. The molecule has 0 atom stereocenters. The summed E-state index contributed by atoms with van der Waals surface area (Å²) >= 11 is 0. The van der Waals surface area contributed by atoms with Gasteiger partial charge in [-0.3, -0.25) is 19.7 Å². The van der Waals surface area contributed by atoms with Gasteiger partial charge in [0.2, 0.25) is 0 Å². The number of hydrogen-bond donors (Lipinski definition) is 1. The molecule has 0 aromatic heterocycles. The summed E-state index contributed by atoms with van der Waals surface area (Å²) in [6.07, 6.45) is 0.548. The third kappa shape index (κ3) is 3.40. The molecule has 8 nitrogen and oxygen atoms in total. The van der Waals surface area contributed by atoms with Crippen LogP contribution in [0.4, 0.5) is 5.69 Å². The van der Waals surface area contributed by atoms with Gasteiger partial charge in [-0.1, -0.05) is 30.3 Å². The van der Waals surface area contributed by atoms with E-state index in [4.69, 9.17) is 4.74 Å². The lowest BCUT2D eigenvalue weighted by atomic mass is 9.73. The van der Waals surface area contributed by atoms with Crippen molar-refractivity contribution in [2.24, 2.45) is 0 Å². The van der Waals surface area contributed by atoms with Crippen LogP contribution in [-0.2, 0) is 10.2 Å². The second-order valence-electron chi connectivity index (χ2n) is 6.69. The molecule has 2 aromatic carbocycles. The number of hydrogen-bond acceptors (Lipinski definition) is 5. The van der Waals surface area contributed by atoms with E-state index in [9.17, 15) is 24.8 Å². The van der Waals surface area contributed by atoms with E-state index in [0.717, 1.165) is 5.56 Å². The number of amides is 1. The molecule has 1 aliphatic heterocycles. The highest BCUT2D eigenvalue weighted by Gasteiger charge is 2.44. The third-order valence-corrected chi connectivity index (χ3v) is 5.26. The van der Waals surface area contributed by atoms with Crippen LogP contribution < -0.4 is 4.74 Å². The van der Waals surface area contributed by atoms with Crippen molar-refractivity contribution in [1.82, 2.24) is 4.90 Å². The predicted molar refractivity (Wildman–Crippen MR) is 101 cm³/mol. The zero-order valence-corrected chi connectivity index (χ0v) is 15.3. The highest BCUT2D eigenvalue weighted by Crippen LogP contribution is 2.36. The molecule has 0 unspecified atom stereocenters. The summed E-state index contributed by atoms with van der Waals surface area (Å²) in [6, 6.07) is 13.1. The number of carboxylic acids is 1. The molecule has 1 heterocycles. The molecule has 1 saturated heterocycles. The van der Waals surface area contributed by atoms with Crippen LogP contribution in [0, 0.1) is 10.1 Å². The summed E-state index contributed by atoms with van der Waals surface area (Å²) < 4.78 is 4.96. The lowest BCUT2D eigenvalue weighted by Gasteiger charge is -2.39. The van der Waals surface area contributed by atoms with Crippen LogP contribution >= 0.6 is 0 Å². The van der Waals surface area contributed by atoms with Crippen LogP contribution in [0.15, 0.2) is 48.5 Å². The number of nitrogens with zero attached hydrogens (tertiary/aromatic N) is 2. The minimum absolute atomic E-state index is 0.0779. The molecule has 1 N–H and O–H groups in total. The Labute approximate surface area is 161 Å². The van der Waals surface area contributed by atoms with E-state index in [1.54, 1.807) is 24.3 Å². The van der Waals surface area contributed by atoms with E-state index < -0.39 is 16.3 Å². The van der Waals surface area contributed by atoms with Crippen LogP contribution in [-0.4, -0.2) is 47.0 Å². The molecule has 0 spiro atoms. The predicted octanol–water partition coefficient (Wildman–Crippen LogP) is 2.86. The summed E-state index contributed by atoms with van der Waals surface area (Å²) in [5.41, 5.74) is -0.427. The molecule has 0 bridgehead atoms. The van der Waals surface area contributed by atoms with Crippen molar-refractivity contribution in [2.45, 2.75) is 18.3 Å². The Balaban J connectivity index is 1.81. The van der Waals surface area contributed by atoms with E-state index in [1.807, 2.05) is 6.07 Å². The standard InChI is InChI=1S/C20H20N2O6/c1-28-17-8-7-14(13-16(17)22(26)27)18(23)21-11-9-20(10-12-21,19(24)25)15-5-3-2-4-6-15/h2-8,13H,9-12H2,1H3,(H,24,25). The molecule has 28 heavy (non-hydrogen) atoms. The van der Waals surface area contributed by atoms with Crippen molar-refractivity contribution in [3.05, 3.63) is 69.8 Å². The average Bonchev–Trinajstić information content (AvgIpc) is 2.73. The molecule has 0 radical (unpaired) electrons. The third-order valence-electron chi connectivity index (χ3n) is 5.26. The number of piperidine rings is 1. The fourth-order valence-corrected chi connectivity index (χ4v) is 3.62. The molecular weight excluding hydrogens is 364 g/mol. The van der Waals surface area contributed by atoms with Gasteiger partial charge in [-0.15, -0.1) is 0 Å². The lowest BCUT2D eigenvalue weighted by Crippen LogP contribution is -2.49. The summed E-state index contributed by atoms with van der Waals surface area (Å²) in [5, 5.41) is 21.0. The van der Waals surface area contributed by atoms with Crippen LogP contribution in [0.25, 0.3) is 0 Å². The molecule has 1 amide bonds. The van der Waals surface area contributed by atoms with Crippen molar-refractivity contribution in [2.75, 3.05) is 20.2 Å². The monoisotopic (exact) mass is 384 g/mol. The fourth-order valence-electron chi connectivity index (χ4n) is 3.62. The largest absolute Gasteiger partial charge is 0.490 e. The minimum Gasteiger partial charge on any atom is -0.490 e. The molecule has 0 aliphatic carbocycles. The van der Waals surface area contributed by atoms with Gasteiger partial charge >= 0.3 is 11.7 Å². The molecule has 2 aromatic rings. The number of nitro groups is 1.